The monoisotopic (exact) mass is 442 g/mol. The molecule has 1 aliphatic rings. The molecule has 0 saturated carbocycles. The molecule has 4 aromatic rings. The minimum atomic E-state index is -0.295. The van der Waals surface area contributed by atoms with Crippen molar-refractivity contribution < 1.29 is 14.3 Å². The van der Waals surface area contributed by atoms with Gasteiger partial charge in [0, 0.05) is 11.3 Å². The lowest BCUT2D eigenvalue weighted by atomic mass is 10.1. The molecule has 1 aliphatic heterocycles. The van der Waals surface area contributed by atoms with Gasteiger partial charge in [-0.3, -0.25) is 19.1 Å². The Bertz CT molecular complexity index is 1280. The van der Waals surface area contributed by atoms with Crippen LogP contribution in [0.3, 0.4) is 0 Å². The SMILES string of the molecule is COc1cccc(-c2nnc(SCN3C(=O)c4ccccc4C3=O)n2-c2ccccc2)c1. The molecular weight excluding hydrogens is 424 g/mol. The Balaban J connectivity index is 1.49. The summed E-state index contributed by atoms with van der Waals surface area (Å²) in [7, 11) is 1.62. The molecule has 0 unspecified atom stereocenters. The number of ether oxygens (including phenoxy) is 1. The topological polar surface area (TPSA) is 77.3 Å². The number of para-hydroxylation sites is 1. The third kappa shape index (κ3) is 3.44. The van der Waals surface area contributed by atoms with Crippen molar-refractivity contribution in [2.45, 2.75) is 5.16 Å². The van der Waals surface area contributed by atoms with E-state index in [-0.39, 0.29) is 17.7 Å². The van der Waals surface area contributed by atoms with Crippen molar-refractivity contribution in [3.8, 4) is 22.8 Å². The summed E-state index contributed by atoms with van der Waals surface area (Å²) >= 11 is 1.29. The first-order valence-electron chi connectivity index (χ1n) is 9.90. The van der Waals surface area contributed by atoms with Crippen LogP contribution in [0.4, 0.5) is 0 Å². The van der Waals surface area contributed by atoms with Gasteiger partial charge in [0.05, 0.1) is 24.1 Å². The highest BCUT2D eigenvalue weighted by Crippen LogP contribution is 2.31. The van der Waals surface area contributed by atoms with Crippen molar-refractivity contribution in [3.63, 3.8) is 0 Å². The first kappa shape index (κ1) is 20.0. The fourth-order valence-electron chi connectivity index (χ4n) is 3.60. The van der Waals surface area contributed by atoms with E-state index < -0.39 is 0 Å². The maximum absolute atomic E-state index is 12.7. The largest absolute Gasteiger partial charge is 0.497 e. The number of benzene rings is 3. The zero-order chi connectivity index (χ0) is 22.1. The second-order valence-electron chi connectivity index (χ2n) is 7.07. The molecule has 8 heteroatoms. The van der Waals surface area contributed by atoms with Gasteiger partial charge >= 0.3 is 0 Å². The Kier molecular flexibility index (Phi) is 5.20. The van der Waals surface area contributed by atoms with Crippen LogP contribution in [0.5, 0.6) is 5.75 Å². The first-order valence-corrected chi connectivity index (χ1v) is 10.9. The third-order valence-corrected chi connectivity index (χ3v) is 6.09. The summed E-state index contributed by atoms with van der Waals surface area (Å²) in [5.41, 5.74) is 2.58. The van der Waals surface area contributed by atoms with Crippen LogP contribution in [0.2, 0.25) is 0 Å². The number of hydrogen-bond acceptors (Lipinski definition) is 6. The van der Waals surface area contributed by atoms with Crippen LogP contribution < -0.4 is 4.74 Å². The number of amides is 2. The number of carbonyl (C=O) groups excluding carboxylic acids is 2. The summed E-state index contributed by atoms with van der Waals surface area (Å²) < 4.78 is 7.27. The molecule has 0 bridgehead atoms. The number of hydrogen-bond donors (Lipinski definition) is 0. The summed E-state index contributed by atoms with van der Waals surface area (Å²) in [5.74, 6) is 0.897. The van der Waals surface area contributed by atoms with Gasteiger partial charge in [-0.05, 0) is 36.4 Å². The molecule has 1 aromatic heterocycles. The van der Waals surface area contributed by atoms with Crippen molar-refractivity contribution in [2.75, 3.05) is 13.0 Å². The third-order valence-electron chi connectivity index (χ3n) is 5.18. The molecule has 0 aliphatic carbocycles. The van der Waals surface area contributed by atoms with Gasteiger partial charge in [-0.1, -0.05) is 54.2 Å². The summed E-state index contributed by atoms with van der Waals surface area (Å²) in [4.78, 5) is 26.7. The van der Waals surface area contributed by atoms with Crippen molar-refractivity contribution >= 4 is 23.6 Å². The maximum atomic E-state index is 12.7. The van der Waals surface area contributed by atoms with Crippen molar-refractivity contribution in [3.05, 3.63) is 90.0 Å². The molecule has 158 valence electrons. The molecule has 3 aromatic carbocycles. The van der Waals surface area contributed by atoms with E-state index in [2.05, 4.69) is 10.2 Å². The van der Waals surface area contributed by atoms with Gasteiger partial charge in [0.15, 0.2) is 11.0 Å². The predicted octanol–water partition coefficient (Wildman–Crippen LogP) is 4.29. The van der Waals surface area contributed by atoms with Crippen LogP contribution in [-0.2, 0) is 0 Å². The molecule has 0 N–H and O–H groups in total. The van der Waals surface area contributed by atoms with E-state index in [0.29, 0.717) is 27.9 Å². The van der Waals surface area contributed by atoms with Gasteiger partial charge in [-0.2, -0.15) is 0 Å². The Morgan fingerprint density at radius 2 is 1.53 bits per heavy atom. The molecule has 2 heterocycles. The summed E-state index contributed by atoms with van der Waals surface area (Å²) in [5, 5.41) is 9.35. The van der Waals surface area contributed by atoms with Crippen molar-refractivity contribution in [1.82, 2.24) is 19.7 Å². The number of imide groups is 1. The molecule has 0 radical (unpaired) electrons. The van der Waals surface area contributed by atoms with Gasteiger partial charge in [0.2, 0.25) is 0 Å². The van der Waals surface area contributed by atoms with Gasteiger partial charge in [-0.15, -0.1) is 10.2 Å². The summed E-state index contributed by atoms with van der Waals surface area (Å²) in [6.07, 6.45) is 0. The Hall–Kier alpha value is -3.91. The maximum Gasteiger partial charge on any atom is 0.262 e. The number of methoxy groups -OCH3 is 1. The van der Waals surface area contributed by atoms with Gasteiger partial charge in [0.25, 0.3) is 11.8 Å². The number of aromatic nitrogens is 3. The highest BCUT2D eigenvalue weighted by Gasteiger charge is 2.35. The number of nitrogens with zero attached hydrogens (tertiary/aromatic N) is 4. The molecule has 0 spiro atoms. The second-order valence-corrected chi connectivity index (χ2v) is 7.98. The average Bonchev–Trinajstić information content (AvgIpc) is 3.38. The normalized spacial score (nSPS) is 12.8. The molecule has 32 heavy (non-hydrogen) atoms. The Labute approximate surface area is 188 Å². The molecule has 7 nitrogen and oxygen atoms in total. The number of carbonyl (C=O) groups is 2. The highest BCUT2D eigenvalue weighted by molar-refractivity contribution is 7.99. The fraction of sp³-hybridized carbons (Fsp3) is 0.0833. The second kappa shape index (κ2) is 8.32. The van der Waals surface area contributed by atoms with Gasteiger partial charge < -0.3 is 4.74 Å². The zero-order valence-corrected chi connectivity index (χ0v) is 18.0. The number of fused-ring (bicyclic) bond motifs is 1. The van der Waals surface area contributed by atoms with Crippen LogP contribution in [0.1, 0.15) is 20.7 Å². The van der Waals surface area contributed by atoms with E-state index in [1.54, 1.807) is 31.4 Å². The lowest BCUT2D eigenvalue weighted by Gasteiger charge is -2.14. The van der Waals surface area contributed by atoms with E-state index in [0.717, 1.165) is 11.3 Å². The zero-order valence-electron chi connectivity index (χ0n) is 17.1. The van der Waals surface area contributed by atoms with Crippen LogP contribution in [0, 0.1) is 0 Å². The predicted molar refractivity (Wildman–Crippen MR) is 121 cm³/mol. The van der Waals surface area contributed by atoms with Crippen LogP contribution in [-0.4, -0.2) is 44.5 Å². The van der Waals surface area contributed by atoms with E-state index in [4.69, 9.17) is 4.74 Å². The van der Waals surface area contributed by atoms with Crippen LogP contribution >= 0.6 is 11.8 Å². The smallest absolute Gasteiger partial charge is 0.262 e. The first-order chi connectivity index (χ1) is 15.7. The minimum absolute atomic E-state index is 0.134. The lowest BCUT2D eigenvalue weighted by Crippen LogP contribution is -2.29. The molecule has 5 rings (SSSR count). The fourth-order valence-corrected chi connectivity index (χ4v) is 4.50. The molecule has 0 atom stereocenters. The standard InChI is InChI=1S/C24H18N4O3S/c1-31-18-11-7-8-16(14-18)21-25-26-24(28(21)17-9-3-2-4-10-17)32-15-27-22(29)19-12-5-6-13-20(19)23(27)30/h2-14H,15H2,1H3. The molecule has 0 saturated heterocycles. The lowest BCUT2D eigenvalue weighted by molar-refractivity contribution is 0.0684. The van der Waals surface area contributed by atoms with E-state index in [1.165, 1.54) is 16.7 Å². The quantitative estimate of drug-likeness (QED) is 0.328. The number of rotatable bonds is 6. The Morgan fingerprint density at radius 3 is 2.22 bits per heavy atom. The summed E-state index contributed by atoms with van der Waals surface area (Å²) in [6.45, 7) is 0. The van der Waals surface area contributed by atoms with E-state index in [1.807, 2.05) is 59.2 Å². The van der Waals surface area contributed by atoms with Crippen molar-refractivity contribution in [1.29, 1.82) is 0 Å². The van der Waals surface area contributed by atoms with E-state index >= 15 is 0 Å². The average molecular weight is 443 g/mol. The van der Waals surface area contributed by atoms with Crippen LogP contribution in [0.15, 0.2) is 84.0 Å². The minimum Gasteiger partial charge on any atom is -0.497 e. The van der Waals surface area contributed by atoms with Gasteiger partial charge in [-0.25, -0.2) is 0 Å². The molecule has 2 amide bonds. The van der Waals surface area contributed by atoms with Crippen LogP contribution in [0.25, 0.3) is 17.1 Å². The molecule has 0 fully saturated rings. The molecular formula is C24H18N4O3S. The Morgan fingerprint density at radius 1 is 0.844 bits per heavy atom. The highest BCUT2D eigenvalue weighted by atomic mass is 32.2. The number of thioether (sulfide) groups is 1. The van der Waals surface area contributed by atoms with Crippen molar-refractivity contribution in [2.24, 2.45) is 0 Å². The van der Waals surface area contributed by atoms with Gasteiger partial charge in [0.1, 0.15) is 5.75 Å². The summed E-state index contributed by atoms with van der Waals surface area (Å²) in [6, 6.07) is 24.2. The van der Waals surface area contributed by atoms with E-state index in [9.17, 15) is 9.59 Å².